The third-order valence-corrected chi connectivity index (χ3v) is 6.81. The van der Waals surface area contributed by atoms with Gasteiger partial charge in [0.1, 0.15) is 11.9 Å². The van der Waals surface area contributed by atoms with Crippen LogP contribution >= 0.6 is 24.0 Å². The predicted molar refractivity (Wildman–Crippen MR) is 109 cm³/mol. The highest BCUT2D eigenvalue weighted by Gasteiger charge is 2.42. The van der Waals surface area contributed by atoms with Crippen molar-refractivity contribution in [2.24, 2.45) is 23.5 Å². The Morgan fingerprint density at radius 1 is 1.21 bits per heavy atom. The highest BCUT2D eigenvalue weighted by atomic mass is 35.5. The summed E-state index contributed by atoms with van der Waals surface area (Å²) in [6.07, 6.45) is 5.58. The van der Waals surface area contributed by atoms with Crippen LogP contribution in [0.5, 0.6) is 0 Å². The van der Waals surface area contributed by atoms with Crippen LogP contribution in [0, 0.1) is 23.6 Å². The zero-order valence-corrected chi connectivity index (χ0v) is 17.1. The van der Waals surface area contributed by atoms with Crippen molar-refractivity contribution >= 4 is 41.5 Å². The number of rotatable bonds is 3. The van der Waals surface area contributed by atoms with Crippen molar-refractivity contribution in [2.45, 2.75) is 50.6 Å². The maximum Gasteiger partial charge on any atom is 0.249 e. The molecule has 8 heteroatoms. The molecular weight excluding hydrogens is 404 g/mol. The van der Waals surface area contributed by atoms with Gasteiger partial charge >= 0.3 is 0 Å². The van der Waals surface area contributed by atoms with Crippen LogP contribution in [0.15, 0.2) is 18.2 Å². The lowest BCUT2D eigenvalue weighted by atomic mass is 9.65. The lowest BCUT2D eigenvalue weighted by Crippen LogP contribution is -2.51. The van der Waals surface area contributed by atoms with Crippen LogP contribution in [0.4, 0.5) is 10.1 Å². The molecule has 3 atom stereocenters. The Hall–Kier alpha value is -1.37. The molecule has 3 aliphatic rings. The smallest absolute Gasteiger partial charge is 0.249 e. The Balaban J connectivity index is 0.00000225. The third-order valence-electron chi connectivity index (χ3n) is 6.52. The molecule has 2 amide bonds. The summed E-state index contributed by atoms with van der Waals surface area (Å²) in [6, 6.07) is 3.92. The highest BCUT2D eigenvalue weighted by molar-refractivity contribution is 6.31. The van der Waals surface area contributed by atoms with Crippen molar-refractivity contribution in [1.29, 1.82) is 0 Å². The Kier molecular flexibility index (Phi) is 6.52. The number of benzene rings is 1. The quantitative estimate of drug-likeness (QED) is 0.773. The standard InChI is InChI=1S/C20H25ClFN3O2.ClH/c21-15-10-14(4-5-16(15)22)25-7-6-17(20(25)27)24-19(26)13-8-11-2-1-3-12(9-13)18(11)23;/h4-5,10-13,17-18H,1-3,6-9,23H2,(H,24,26);1H. The summed E-state index contributed by atoms with van der Waals surface area (Å²) < 4.78 is 13.4. The van der Waals surface area contributed by atoms with E-state index in [2.05, 4.69) is 5.32 Å². The molecule has 3 fully saturated rings. The summed E-state index contributed by atoms with van der Waals surface area (Å²) >= 11 is 5.83. The fourth-order valence-electron chi connectivity index (χ4n) is 5.02. The Bertz CT molecular complexity index is 749. The fraction of sp³-hybridized carbons (Fsp3) is 0.600. The summed E-state index contributed by atoms with van der Waals surface area (Å²) in [4.78, 5) is 27.1. The van der Waals surface area contributed by atoms with Crippen molar-refractivity contribution in [1.82, 2.24) is 5.32 Å². The highest BCUT2D eigenvalue weighted by Crippen LogP contribution is 2.42. The van der Waals surface area contributed by atoms with E-state index in [0.29, 0.717) is 30.5 Å². The first-order chi connectivity index (χ1) is 12.9. The van der Waals surface area contributed by atoms with E-state index >= 15 is 0 Å². The summed E-state index contributed by atoms with van der Waals surface area (Å²) in [6.45, 7) is 0.479. The van der Waals surface area contributed by atoms with Gasteiger partial charge in [0.05, 0.1) is 5.02 Å². The second-order valence-corrected chi connectivity index (χ2v) is 8.54. The van der Waals surface area contributed by atoms with Crippen LogP contribution in [0.1, 0.15) is 38.5 Å². The van der Waals surface area contributed by atoms with E-state index in [-0.39, 0.29) is 41.2 Å². The average molecular weight is 430 g/mol. The molecule has 28 heavy (non-hydrogen) atoms. The van der Waals surface area contributed by atoms with E-state index in [1.807, 2.05) is 0 Å². The number of halogens is 3. The fourth-order valence-corrected chi connectivity index (χ4v) is 5.19. The van der Waals surface area contributed by atoms with Gasteiger partial charge in [0.25, 0.3) is 0 Å². The molecule has 5 nitrogen and oxygen atoms in total. The molecule has 3 N–H and O–H groups in total. The van der Waals surface area contributed by atoms with Gasteiger partial charge in [-0.1, -0.05) is 18.0 Å². The van der Waals surface area contributed by atoms with Gasteiger partial charge in [0.15, 0.2) is 0 Å². The van der Waals surface area contributed by atoms with Crippen molar-refractivity contribution in [3.63, 3.8) is 0 Å². The molecule has 2 saturated carbocycles. The van der Waals surface area contributed by atoms with Gasteiger partial charge in [-0.05, 0) is 62.1 Å². The van der Waals surface area contributed by atoms with E-state index < -0.39 is 11.9 Å². The minimum absolute atomic E-state index is 0. The minimum atomic E-state index is -0.531. The first-order valence-corrected chi connectivity index (χ1v) is 10.1. The van der Waals surface area contributed by atoms with Crippen LogP contribution in [0.3, 0.4) is 0 Å². The molecule has 2 bridgehead atoms. The zero-order valence-electron chi connectivity index (χ0n) is 15.6. The van der Waals surface area contributed by atoms with Crippen LogP contribution in [0.25, 0.3) is 0 Å². The molecule has 2 aliphatic carbocycles. The topological polar surface area (TPSA) is 75.4 Å². The Labute approximate surface area is 175 Å². The first-order valence-electron chi connectivity index (χ1n) is 9.76. The zero-order chi connectivity index (χ0) is 19.1. The van der Waals surface area contributed by atoms with Crippen LogP contribution in [0.2, 0.25) is 5.02 Å². The van der Waals surface area contributed by atoms with Crippen LogP contribution in [-0.2, 0) is 9.59 Å². The number of carbonyl (C=O) groups excluding carboxylic acids is 2. The Morgan fingerprint density at radius 3 is 2.54 bits per heavy atom. The molecule has 1 saturated heterocycles. The predicted octanol–water partition coefficient (Wildman–Crippen LogP) is 3.28. The SMILES string of the molecule is Cl.NC1C2CCCC1CC(C(=O)NC1CCN(c3ccc(F)c(Cl)c3)C1=O)C2. The number of hydrogen-bond acceptors (Lipinski definition) is 3. The number of hydrogen-bond donors (Lipinski definition) is 2. The molecule has 1 aliphatic heterocycles. The van der Waals surface area contributed by atoms with Gasteiger partial charge in [-0.15, -0.1) is 12.4 Å². The molecule has 1 heterocycles. The van der Waals surface area contributed by atoms with Gasteiger partial charge < -0.3 is 16.0 Å². The van der Waals surface area contributed by atoms with Crippen molar-refractivity contribution in [3.8, 4) is 0 Å². The van der Waals surface area contributed by atoms with Gasteiger partial charge in [-0.3, -0.25) is 9.59 Å². The van der Waals surface area contributed by atoms with E-state index in [1.165, 1.54) is 24.6 Å². The number of fused-ring (bicyclic) bond motifs is 2. The number of nitrogens with zero attached hydrogens (tertiary/aromatic N) is 1. The minimum Gasteiger partial charge on any atom is -0.344 e. The van der Waals surface area contributed by atoms with Crippen molar-refractivity contribution < 1.29 is 14.0 Å². The largest absolute Gasteiger partial charge is 0.344 e. The molecule has 0 spiro atoms. The molecule has 0 radical (unpaired) electrons. The number of anilines is 1. The normalized spacial score (nSPS) is 32.0. The summed E-state index contributed by atoms with van der Waals surface area (Å²) in [5.41, 5.74) is 6.86. The number of nitrogens with one attached hydrogen (secondary N) is 1. The first kappa shape index (κ1) is 21.3. The second-order valence-electron chi connectivity index (χ2n) is 8.13. The summed E-state index contributed by atoms with van der Waals surface area (Å²) in [5.74, 6) is 0.0748. The number of nitrogens with two attached hydrogens (primary N) is 1. The molecular formula is C20H26Cl2FN3O2. The van der Waals surface area contributed by atoms with E-state index in [1.54, 1.807) is 4.90 Å². The van der Waals surface area contributed by atoms with E-state index in [4.69, 9.17) is 17.3 Å². The lowest BCUT2D eigenvalue weighted by molar-refractivity contribution is -0.131. The molecule has 0 aromatic heterocycles. The maximum atomic E-state index is 13.4. The van der Waals surface area contributed by atoms with E-state index in [9.17, 15) is 14.0 Å². The van der Waals surface area contributed by atoms with Crippen molar-refractivity contribution in [3.05, 3.63) is 29.0 Å². The maximum absolute atomic E-state index is 13.4. The molecule has 154 valence electrons. The number of amides is 2. The van der Waals surface area contributed by atoms with Gasteiger partial charge in [-0.2, -0.15) is 0 Å². The van der Waals surface area contributed by atoms with Gasteiger partial charge in [0, 0.05) is 24.2 Å². The second kappa shape index (κ2) is 8.56. The van der Waals surface area contributed by atoms with Crippen LogP contribution in [-0.4, -0.2) is 30.4 Å². The molecule has 4 rings (SSSR count). The Morgan fingerprint density at radius 2 is 1.89 bits per heavy atom. The monoisotopic (exact) mass is 429 g/mol. The average Bonchev–Trinajstić information content (AvgIpc) is 2.98. The third kappa shape index (κ3) is 4.00. The molecule has 1 aromatic carbocycles. The molecule has 3 unspecified atom stereocenters. The van der Waals surface area contributed by atoms with Gasteiger partial charge in [-0.25, -0.2) is 4.39 Å². The summed E-state index contributed by atoms with van der Waals surface area (Å²) in [5, 5.41) is 2.93. The van der Waals surface area contributed by atoms with E-state index in [0.717, 1.165) is 25.7 Å². The number of carbonyl (C=O) groups is 2. The van der Waals surface area contributed by atoms with Gasteiger partial charge in [0.2, 0.25) is 11.8 Å². The van der Waals surface area contributed by atoms with Crippen LogP contribution < -0.4 is 16.0 Å². The lowest BCUT2D eigenvalue weighted by Gasteiger charge is -2.43. The summed E-state index contributed by atoms with van der Waals surface area (Å²) in [7, 11) is 0. The molecule has 1 aromatic rings. The van der Waals surface area contributed by atoms with Crippen molar-refractivity contribution in [2.75, 3.05) is 11.4 Å².